The van der Waals surface area contributed by atoms with Crippen LogP contribution < -0.4 is 0 Å². The van der Waals surface area contributed by atoms with E-state index in [4.69, 9.17) is 0 Å². The highest BCUT2D eigenvalue weighted by Gasteiger charge is 2.30. The zero-order valence-corrected chi connectivity index (χ0v) is 16.7. The van der Waals surface area contributed by atoms with Crippen molar-refractivity contribution < 1.29 is 8.42 Å². The molecule has 4 rings (SSSR count). The van der Waals surface area contributed by atoms with Crippen molar-refractivity contribution in [3.63, 3.8) is 0 Å². The Morgan fingerprint density at radius 2 is 1.89 bits per heavy atom. The topological polar surface area (TPSA) is 82.2 Å². The summed E-state index contributed by atoms with van der Waals surface area (Å²) >= 11 is 1.64. The Kier molecular flexibility index (Phi) is 5.28. The summed E-state index contributed by atoms with van der Waals surface area (Å²) in [6.45, 7) is 2.62. The van der Waals surface area contributed by atoms with Gasteiger partial charge in [-0.3, -0.25) is 9.58 Å². The molecule has 1 fully saturated rings. The number of hydrogen-bond acceptors (Lipinski definition) is 6. The molecule has 9 heteroatoms. The first-order valence-electron chi connectivity index (χ1n) is 8.85. The van der Waals surface area contributed by atoms with Crippen molar-refractivity contribution >= 4 is 21.4 Å². The molecule has 1 aliphatic rings. The smallest absolute Gasteiger partial charge is 0.244 e. The van der Waals surface area contributed by atoms with Gasteiger partial charge >= 0.3 is 0 Å². The van der Waals surface area contributed by atoms with Gasteiger partial charge in [0.1, 0.15) is 6.07 Å². The number of hydrogen-bond donors (Lipinski definition) is 0. The van der Waals surface area contributed by atoms with Crippen LogP contribution in [0.25, 0.3) is 11.3 Å². The van der Waals surface area contributed by atoms with Gasteiger partial charge in [0, 0.05) is 43.3 Å². The Morgan fingerprint density at radius 1 is 1.11 bits per heavy atom. The molecule has 0 aliphatic carbocycles. The number of piperazine rings is 1. The summed E-state index contributed by atoms with van der Waals surface area (Å²) < 4.78 is 29.1. The van der Waals surface area contributed by atoms with Crippen LogP contribution >= 0.6 is 11.3 Å². The average molecular weight is 414 g/mol. The van der Waals surface area contributed by atoms with Gasteiger partial charge < -0.3 is 0 Å². The molecule has 0 radical (unpaired) electrons. The second-order valence-electron chi connectivity index (χ2n) is 6.52. The van der Waals surface area contributed by atoms with Crippen LogP contribution in [0.3, 0.4) is 0 Å². The zero-order valence-electron chi connectivity index (χ0n) is 15.1. The minimum Gasteiger partial charge on any atom is -0.282 e. The standard InChI is InChI=1S/C19H19N5O2S2/c20-13-16-3-1-2-4-19(16)28(25,26)24-10-8-22(9-11-24)15-23-7-5-18(21-23)17-6-12-27-14-17/h1-7,12,14H,8-11,15H2. The Hall–Kier alpha value is -2.51. The molecular weight excluding hydrogens is 394 g/mol. The molecule has 1 aromatic carbocycles. The van der Waals surface area contributed by atoms with E-state index in [-0.39, 0.29) is 10.5 Å². The number of thiophene rings is 1. The van der Waals surface area contributed by atoms with Gasteiger partial charge in [0.15, 0.2) is 0 Å². The highest BCUT2D eigenvalue weighted by Crippen LogP contribution is 2.22. The summed E-state index contributed by atoms with van der Waals surface area (Å²) in [5, 5.41) is 17.9. The molecule has 28 heavy (non-hydrogen) atoms. The molecule has 0 unspecified atom stereocenters. The van der Waals surface area contributed by atoms with E-state index in [1.54, 1.807) is 23.5 Å². The third-order valence-corrected chi connectivity index (χ3v) is 7.40. The maximum atomic E-state index is 12.9. The Labute approximate surface area is 168 Å². The fraction of sp³-hybridized carbons (Fsp3) is 0.263. The molecule has 0 amide bonds. The van der Waals surface area contributed by atoms with Crippen molar-refractivity contribution in [2.24, 2.45) is 0 Å². The summed E-state index contributed by atoms with van der Waals surface area (Å²) in [5.74, 6) is 0. The van der Waals surface area contributed by atoms with Crippen molar-refractivity contribution in [1.82, 2.24) is 19.0 Å². The van der Waals surface area contributed by atoms with Crippen molar-refractivity contribution in [2.45, 2.75) is 11.6 Å². The zero-order chi connectivity index (χ0) is 19.6. The largest absolute Gasteiger partial charge is 0.282 e. The summed E-state index contributed by atoms with van der Waals surface area (Å²) in [6, 6.07) is 12.3. The Balaban J connectivity index is 1.40. The molecule has 3 heterocycles. The number of sulfonamides is 1. The second-order valence-corrected chi connectivity index (χ2v) is 9.21. The minimum atomic E-state index is -3.66. The number of aromatic nitrogens is 2. The van der Waals surface area contributed by atoms with E-state index in [9.17, 15) is 13.7 Å². The van der Waals surface area contributed by atoms with E-state index in [0.717, 1.165) is 11.3 Å². The molecule has 0 atom stereocenters. The Bertz CT molecular complexity index is 1090. The first-order valence-corrected chi connectivity index (χ1v) is 11.2. The molecule has 0 bridgehead atoms. The summed E-state index contributed by atoms with van der Waals surface area (Å²) in [6.07, 6.45) is 1.94. The molecule has 0 spiro atoms. The van der Waals surface area contributed by atoms with Crippen LogP contribution in [0.5, 0.6) is 0 Å². The molecule has 2 aromatic heterocycles. The van der Waals surface area contributed by atoms with Crippen molar-refractivity contribution in [1.29, 1.82) is 5.26 Å². The molecule has 3 aromatic rings. The maximum Gasteiger partial charge on any atom is 0.244 e. The lowest BCUT2D eigenvalue weighted by molar-refractivity contribution is 0.146. The first kappa shape index (κ1) is 18.8. The van der Waals surface area contributed by atoms with Gasteiger partial charge in [-0.15, -0.1) is 0 Å². The lowest BCUT2D eigenvalue weighted by Gasteiger charge is -2.33. The van der Waals surface area contributed by atoms with E-state index >= 15 is 0 Å². The van der Waals surface area contributed by atoms with Crippen LogP contribution in [-0.4, -0.2) is 53.6 Å². The van der Waals surface area contributed by atoms with Crippen LogP contribution in [-0.2, 0) is 16.7 Å². The minimum absolute atomic E-state index is 0.0819. The lowest BCUT2D eigenvalue weighted by Crippen LogP contribution is -2.49. The van der Waals surface area contributed by atoms with Crippen molar-refractivity contribution in [3.05, 3.63) is 58.9 Å². The number of benzene rings is 1. The fourth-order valence-corrected chi connectivity index (χ4v) is 5.46. The molecule has 0 N–H and O–H groups in total. The van der Waals surface area contributed by atoms with E-state index in [2.05, 4.69) is 15.4 Å². The second kappa shape index (κ2) is 7.85. The molecule has 7 nitrogen and oxygen atoms in total. The maximum absolute atomic E-state index is 12.9. The number of nitrogens with zero attached hydrogens (tertiary/aromatic N) is 5. The summed E-state index contributed by atoms with van der Waals surface area (Å²) in [5.41, 5.74) is 2.23. The normalized spacial score (nSPS) is 16.1. The van der Waals surface area contributed by atoms with Gasteiger partial charge in [-0.05, 0) is 29.6 Å². The molecule has 0 saturated carbocycles. The first-order chi connectivity index (χ1) is 13.6. The number of rotatable bonds is 5. The van der Waals surface area contributed by atoms with E-state index in [0.29, 0.717) is 32.8 Å². The van der Waals surface area contributed by atoms with Crippen LogP contribution in [0, 0.1) is 11.3 Å². The van der Waals surface area contributed by atoms with E-state index in [1.165, 1.54) is 16.4 Å². The van der Waals surface area contributed by atoms with Gasteiger partial charge in [-0.2, -0.15) is 26.0 Å². The predicted octanol–water partition coefficient (Wildman–Crippen LogP) is 2.45. The fourth-order valence-electron chi connectivity index (χ4n) is 3.24. The monoisotopic (exact) mass is 413 g/mol. The van der Waals surface area contributed by atoms with Crippen molar-refractivity contribution in [2.75, 3.05) is 26.2 Å². The van der Waals surface area contributed by atoms with Crippen LogP contribution in [0.15, 0.2) is 58.3 Å². The molecule has 144 valence electrons. The van der Waals surface area contributed by atoms with Gasteiger partial charge in [-0.1, -0.05) is 12.1 Å². The van der Waals surface area contributed by atoms with Crippen LogP contribution in [0.1, 0.15) is 5.56 Å². The highest BCUT2D eigenvalue weighted by molar-refractivity contribution is 7.89. The average Bonchev–Trinajstić information content (AvgIpc) is 3.40. The third kappa shape index (κ3) is 3.72. The number of nitriles is 1. The molecular formula is C19H19N5O2S2. The Morgan fingerprint density at radius 3 is 2.61 bits per heavy atom. The highest BCUT2D eigenvalue weighted by atomic mass is 32.2. The van der Waals surface area contributed by atoms with Gasteiger partial charge in [0.25, 0.3) is 0 Å². The third-order valence-electron chi connectivity index (χ3n) is 4.76. The van der Waals surface area contributed by atoms with E-state index < -0.39 is 10.0 Å². The lowest BCUT2D eigenvalue weighted by atomic mass is 10.2. The predicted molar refractivity (Wildman–Crippen MR) is 107 cm³/mol. The van der Waals surface area contributed by atoms with Gasteiger partial charge in [0.05, 0.1) is 22.8 Å². The summed E-state index contributed by atoms with van der Waals surface area (Å²) in [7, 11) is -3.66. The van der Waals surface area contributed by atoms with Crippen molar-refractivity contribution in [3.8, 4) is 17.3 Å². The molecule has 1 saturated heterocycles. The quantitative estimate of drug-likeness (QED) is 0.642. The summed E-state index contributed by atoms with van der Waals surface area (Å²) in [4.78, 5) is 2.26. The van der Waals surface area contributed by atoms with Gasteiger partial charge in [-0.25, -0.2) is 8.42 Å². The van der Waals surface area contributed by atoms with E-state index in [1.807, 2.05) is 34.5 Å². The molecule has 1 aliphatic heterocycles. The van der Waals surface area contributed by atoms with Gasteiger partial charge in [0.2, 0.25) is 10.0 Å². The van der Waals surface area contributed by atoms with Crippen LogP contribution in [0.4, 0.5) is 0 Å². The SMILES string of the molecule is N#Cc1ccccc1S(=O)(=O)N1CCN(Cn2ccc(-c3ccsc3)n2)CC1. The van der Waals surface area contributed by atoms with Crippen LogP contribution in [0.2, 0.25) is 0 Å².